The molecular formula is C12H9ClN4. The first-order chi connectivity index (χ1) is 8.31. The molecule has 0 saturated carbocycles. The molecule has 4 nitrogen and oxygen atoms in total. The number of nitrogens with zero attached hydrogens (tertiary/aromatic N) is 3. The van der Waals surface area contributed by atoms with Gasteiger partial charge in [-0.3, -0.25) is 0 Å². The summed E-state index contributed by atoms with van der Waals surface area (Å²) in [7, 11) is 0. The third-order valence-electron chi connectivity index (χ3n) is 2.12. The molecule has 2 rings (SSSR count). The van der Waals surface area contributed by atoms with Crippen molar-refractivity contribution in [2.45, 2.75) is 5.88 Å². The van der Waals surface area contributed by atoms with E-state index >= 15 is 0 Å². The number of hydrogen-bond acceptors (Lipinski definition) is 4. The number of halogens is 1. The molecule has 1 aromatic carbocycles. The van der Waals surface area contributed by atoms with Crippen molar-refractivity contribution in [3.05, 3.63) is 47.8 Å². The highest BCUT2D eigenvalue weighted by molar-refractivity contribution is 6.16. The minimum atomic E-state index is 0.352. The Morgan fingerprint density at radius 2 is 2.00 bits per heavy atom. The van der Waals surface area contributed by atoms with Crippen molar-refractivity contribution < 1.29 is 0 Å². The molecule has 0 atom stereocenters. The summed E-state index contributed by atoms with van der Waals surface area (Å²) in [6.07, 6.45) is 1.65. The fourth-order valence-corrected chi connectivity index (χ4v) is 1.44. The number of benzene rings is 1. The summed E-state index contributed by atoms with van der Waals surface area (Å²) in [6.45, 7) is 0. The molecule has 0 amide bonds. The lowest BCUT2D eigenvalue weighted by atomic mass is 10.2. The molecule has 2 aromatic rings. The molecule has 0 aliphatic heterocycles. The Hall–Kier alpha value is -2.12. The van der Waals surface area contributed by atoms with Crippen molar-refractivity contribution in [1.82, 2.24) is 9.97 Å². The van der Waals surface area contributed by atoms with Crippen LogP contribution in [-0.2, 0) is 5.88 Å². The lowest BCUT2D eigenvalue weighted by Crippen LogP contribution is -1.98. The predicted octanol–water partition coefficient (Wildman–Crippen LogP) is 2.83. The second-order valence-electron chi connectivity index (χ2n) is 3.32. The van der Waals surface area contributed by atoms with Crippen LogP contribution >= 0.6 is 11.6 Å². The van der Waals surface area contributed by atoms with Crippen LogP contribution in [0.4, 0.5) is 11.6 Å². The number of anilines is 2. The zero-order chi connectivity index (χ0) is 12.1. The maximum Gasteiger partial charge on any atom is 0.227 e. The van der Waals surface area contributed by atoms with Crippen molar-refractivity contribution in [3.63, 3.8) is 0 Å². The van der Waals surface area contributed by atoms with E-state index in [-0.39, 0.29) is 0 Å². The van der Waals surface area contributed by atoms with Crippen molar-refractivity contribution in [3.8, 4) is 6.07 Å². The Labute approximate surface area is 104 Å². The topological polar surface area (TPSA) is 61.6 Å². The Bertz CT molecular complexity index is 545. The largest absolute Gasteiger partial charge is 0.324 e. The summed E-state index contributed by atoms with van der Waals surface area (Å²) >= 11 is 5.69. The second kappa shape index (κ2) is 5.28. The first-order valence-corrected chi connectivity index (χ1v) is 5.50. The van der Waals surface area contributed by atoms with E-state index in [0.717, 1.165) is 11.4 Å². The molecule has 0 spiro atoms. The first-order valence-electron chi connectivity index (χ1n) is 4.97. The molecule has 1 heterocycles. The second-order valence-corrected chi connectivity index (χ2v) is 3.59. The van der Waals surface area contributed by atoms with Crippen molar-refractivity contribution in [2.75, 3.05) is 5.32 Å². The summed E-state index contributed by atoms with van der Waals surface area (Å²) in [5.41, 5.74) is 2.21. The van der Waals surface area contributed by atoms with Gasteiger partial charge in [-0.2, -0.15) is 5.26 Å². The van der Waals surface area contributed by atoms with Gasteiger partial charge in [-0.1, -0.05) is 0 Å². The van der Waals surface area contributed by atoms with Gasteiger partial charge in [0.15, 0.2) is 0 Å². The number of rotatable bonds is 3. The number of nitrogens with one attached hydrogen (secondary N) is 1. The van der Waals surface area contributed by atoms with Crippen LogP contribution in [0.15, 0.2) is 36.5 Å². The zero-order valence-corrected chi connectivity index (χ0v) is 9.65. The Morgan fingerprint density at radius 3 is 2.65 bits per heavy atom. The molecule has 1 aromatic heterocycles. The molecule has 0 fully saturated rings. The molecule has 0 aliphatic rings. The summed E-state index contributed by atoms with van der Waals surface area (Å²) in [4.78, 5) is 8.29. The molecule has 0 bridgehead atoms. The molecule has 5 heteroatoms. The van der Waals surface area contributed by atoms with E-state index < -0.39 is 0 Å². The standard InChI is InChI=1S/C12H9ClN4/c13-7-11-5-6-15-12(17-11)16-10-3-1-9(8-14)2-4-10/h1-6H,7H2,(H,15,16,17). The van der Waals surface area contributed by atoms with Crippen molar-refractivity contribution in [2.24, 2.45) is 0 Å². The van der Waals surface area contributed by atoms with Gasteiger partial charge in [-0.25, -0.2) is 9.97 Å². The smallest absolute Gasteiger partial charge is 0.227 e. The van der Waals surface area contributed by atoms with Crippen molar-refractivity contribution >= 4 is 23.2 Å². The van der Waals surface area contributed by atoms with Gasteiger partial charge in [0, 0.05) is 11.9 Å². The molecule has 1 N–H and O–H groups in total. The maximum atomic E-state index is 8.68. The summed E-state index contributed by atoms with van der Waals surface area (Å²) in [5.74, 6) is 0.845. The summed E-state index contributed by atoms with van der Waals surface area (Å²) in [6, 6.07) is 10.9. The van der Waals surface area contributed by atoms with Gasteiger partial charge in [0.2, 0.25) is 5.95 Å². The van der Waals surface area contributed by atoms with E-state index in [1.165, 1.54) is 0 Å². The van der Waals surface area contributed by atoms with Gasteiger partial charge in [-0.15, -0.1) is 11.6 Å². The van der Waals surface area contributed by atoms with E-state index in [0.29, 0.717) is 17.4 Å². The highest BCUT2D eigenvalue weighted by atomic mass is 35.5. The average molecular weight is 245 g/mol. The SMILES string of the molecule is N#Cc1ccc(Nc2nccc(CCl)n2)cc1. The van der Waals surface area contributed by atoms with Crippen LogP contribution in [0.1, 0.15) is 11.3 Å². The van der Waals surface area contributed by atoms with Gasteiger partial charge in [0.25, 0.3) is 0 Å². The van der Waals surface area contributed by atoms with Crippen LogP contribution in [0.3, 0.4) is 0 Å². The van der Waals surface area contributed by atoms with Crippen LogP contribution in [0, 0.1) is 11.3 Å². The fourth-order valence-electron chi connectivity index (χ4n) is 1.29. The van der Waals surface area contributed by atoms with Crippen LogP contribution in [0.25, 0.3) is 0 Å². The van der Waals surface area contributed by atoms with Crippen molar-refractivity contribution in [1.29, 1.82) is 5.26 Å². The number of nitriles is 1. The Balaban J connectivity index is 2.16. The van der Waals surface area contributed by atoms with E-state index in [1.807, 2.05) is 0 Å². The van der Waals surface area contributed by atoms with Gasteiger partial charge >= 0.3 is 0 Å². The van der Waals surface area contributed by atoms with Crippen LogP contribution in [0.2, 0.25) is 0 Å². The molecule has 0 unspecified atom stereocenters. The highest BCUT2D eigenvalue weighted by Gasteiger charge is 1.99. The lowest BCUT2D eigenvalue weighted by molar-refractivity contribution is 1.09. The normalized spacial score (nSPS) is 9.65. The summed E-state index contributed by atoms with van der Waals surface area (Å²) in [5, 5.41) is 11.7. The van der Waals surface area contributed by atoms with Gasteiger partial charge in [0.05, 0.1) is 23.2 Å². The quantitative estimate of drug-likeness (QED) is 0.844. The van der Waals surface area contributed by atoms with Gasteiger partial charge in [-0.05, 0) is 30.3 Å². The molecule has 0 aliphatic carbocycles. The van der Waals surface area contributed by atoms with Gasteiger partial charge < -0.3 is 5.32 Å². The zero-order valence-electron chi connectivity index (χ0n) is 8.89. The first kappa shape index (κ1) is 11.4. The third-order valence-corrected chi connectivity index (χ3v) is 2.39. The third kappa shape index (κ3) is 2.92. The number of hydrogen-bond donors (Lipinski definition) is 1. The van der Waals surface area contributed by atoms with E-state index in [4.69, 9.17) is 16.9 Å². The number of alkyl halides is 1. The average Bonchev–Trinajstić information content (AvgIpc) is 2.40. The molecule has 0 saturated heterocycles. The molecule has 0 radical (unpaired) electrons. The minimum absolute atomic E-state index is 0.352. The van der Waals surface area contributed by atoms with E-state index in [1.54, 1.807) is 36.5 Å². The molecule has 84 valence electrons. The van der Waals surface area contributed by atoms with Crippen LogP contribution in [0.5, 0.6) is 0 Å². The molecule has 17 heavy (non-hydrogen) atoms. The summed E-state index contributed by atoms with van der Waals surface area (Å²) < 4.78 is 0. The minimum Gasteiger partial charge on any atom is -0.324 e. The number of aromatic nitrogens is 2. The maximum absolute atomic E-state index is 8.68. The van der Waals surface area contributed by atoms with E-state index in [2.05, 4.69) is 21.4 Å². The van der Waals surface area contributed by atoms with Gasteiger partial charge in [0.1, 0.15) is 0 Å². The highest BCUT2D eigenvalue weighted by Crippen LogP contribution is 2.13. The predicted molar refractivity (Wildman–Crippen MR) is 66.0 cm³/mol. The van der Waals surface area contributed by atoms with E-state index in [9.17, 15) is 0 Å². The lowest BCUT2D eigenvalue weighted by Gasteiger charge is -2.05. The Kier molecular flexibility index (Phi) is 3.53. The monoisotopic (exact) mass is 244 g/mol. The molecular weight excluding hydrogens is 236 g/mol. The van der Waals surface area contributed by atoms with Crippen LogP contribution < -0.4 is 5.32 Å². The fraction of sp³-hybridized carbons (Fsp3) is 0.0833. The Morgan fingerprint density at radius 1 is 1.24 bits per heavy atom. The van der Waals surface area contributed by atoms with Crippen LogP contribution in [-0.4, -0.2) is 9.97 Å².